The summed E-state index contributed by atoms with van der Waals surface area (Å²) in [4.78, 5) is 26.6. The first-order valence-electron chi connectivity index (χ1n) is 8.03. The van der Waals surface area contributed by atoms with Crippen molar-refractivity contribution in [1.29, 1.82) is 0 Å². The molecule has 2 atom stereocenters. The van der Waals surface area contributed by atoms with Gasteiger partial charge in [-0.05, 0) is 18.6 Å². The summed E-state index contributed by atoms with van der Waals surface area (Å²) in [7, 11) is 0. The lowest BCUT2D eigenvalue weighted by molar-refractivity contribution is -0.130. The van der Waals surface area contributed by atoms with E-state index >= 15 is 0 Å². The van der Waals surface area contributed by atoms with Gasteiger partial charge in [0.15, 0.2) is 6.10 Å². The van der Waals surface area contributed by atoms with Gasteiger partial charge in [0.25, 0.3) is 5.91 Å². The maximum absolute atomic E-state index is 12.3. The van der Waals surface area contributed by atoms with Crippen molar-refractivity contribution in [3.8, 4) is 0 Å². The highest BCUT2D eigenvalue weighted by Crippen LogP contribution is 2.20. The van der Waals surface area contributed by atoms with E-state index in [1.807, 2.05) is 12.1 Å². The number of cyclic esters (lactones) is 1. The summed E-state index contributed by atoms with van der Waals surface area (Å²) in [6.07, 6.45) is -0.311. The third-order valence-electron chi connectivity index (χ3n) is 4.43. The molecule has 2 aliphatic rings. The number of fused-ring (bicyclic) bond motifs is 1. The van der Waals surface area contributed by atoms with Gasteiger partial charge in [-0.15, -0.1) is 0 Å². The maximum Gasteiger partial charge on any atom is 0.339 e. The molecule has 1 fully saturated rings. The highest BCUT2D eigenvalue weighted by molar-refractivity contribution is 5.95. The number of hydrogen-bond donors (Lipinski definition) is 1. The molecule has 2 heterocycles. The number of ether oxygens (including phenoxy) is 2. The molecule has 124 valence electrons. The maximum atomic E-state index is 12.3. The molecular weight excluding hydrogens is 296 g/mol. The molecule has 0 radical (unpaired) electrons. The fourth-order valence-corrected chi connectivity index (χ4v) is 2.99. The van der Waals surface area contributed by atoms with Crippen molar-refractivity contribution < 1.29 is 19.1 Å². The van der Waals surface area contributed by atoms with Crippen LogP contribution in [0.2, 0.25) is 0 Å². The largest absolute Gasteiger partial charge is 0.448 e. The van der Waals surface area contributed by atoms with Gasteiger partial charge < -0.3 is 14.8 Å². The van der Waals surface area contributed by atoms with Gasteiger partial charge in [-0.2, -0.15) is 0 Å². The Morgan fingerprint density at radius 2 is 2.09 bits per heavy atom. The van der Waals surface area contributed by atoms with Crippen LogP contribution in [0.5, 0.6) is 0 Å². The van der Waals surface area contributed by atoms with Gasteiger partial charge in [-0.1, -0.05) is 18.2 Å². The van der Waals surface area contributed by atoms with Crippen LogP contribution in [-0.2, 0) is 20.7 Å². The number of hydrogen-bond acceptors (Lipinski definition) is 5. The summed E-state index contributed by atoms with van der Waals surface area (Å²) in [5.74, 6) is -0.652. The number of esters is 1. The molecular formula is C17H22N2O4. The van der Waals surface area contributed by atoms with Crippen LogP contribution in [0.1, 0.15) is 22.8 Å². The highest BCUT2D eigenvalue weighted by Gasteiger charge is 2.31. The van der Waals surface area contributed by atoms with Gasteiger partial charge in [0.2, 0.25) is 0 Å². The summed E-state index contributed by atoms with van der Waals surface area (Å²) in [6, 6.07) is 7.49. The molecule has 0 aliphatic carbocycles. The van der Waals surface area contributed by atoms with Crippen LogP contribution < -0.4 is 5.32 Å². The van der Waals surface area contributed by atoms with Crippen LogP contribution in [0.25, 0.3) is 0 Å². The fourth-order valence-electron chi connectivity index (χ4n) is 2.99. The second-order valence-corrected chi connectivity index (χ2v) is 6.00. The fraction of sp³-hybridized carbons (Fsp3) is 0.529. The van der Waals surface area contributed by atoms with Gasteiger partial charge in [0, 0.05) is 32.1 Å². The van der Waals surface area contributed by atoms with Crippen LogP contribution in [0.3, 0.4) is 0 Å². The standard InChI is InChI=1S/C17H22N2O4/c1-12(19-6-8-22-9-7-19)11-18-16(20)15-10-13-4-2-3-5-14(13)17(21)23-15/h2-5,12,15H,6-11H2,1H3,(H,18,20). The first-order chi connectivity index (χ1) is 11.1. The molecule has 2 unspecified atom stereocenters. The highest BCUT2D eigenvalue weighted by atomic mass is 16.5. The van der Waals surface area contributed by atoms with Crippen LogP contribution in [-0.4, -0.2) is 61.8 Å². The van der Waals surface area contributed by atoms with Crippen molar-refractivity contribution in [1.82, 2.24) is 10.2 Å². The molecule has 0 saturated carbocycles. The van der Waals surface area contributed by atoms with E-state index in [0.29, 0.717) is 18.5 Å². The van der Waals surface area contributed by atoms with E-state index in [4.69, 9.17) is 9.47 Å². The number of carbonyl (C=O) groups is 2. The van der Waals surface area contributed by atoms with Crippen molar-refractivity contribution in [2.45, 2.75) is 25.5 Å². The lowest BCUT2D eigenvalue weighted by atomic mass is 9.98. The van der Waals surface area contributed by atoms with Gasteiger partial charge in [0.05, 0.1) is 18.8 Å². The van der Waals surface area contributed by atoms with Crippen molar-refractivity contribution in [3.05, 3.63) is 35.4 Å². The second kappa shape index (κ2) is 7.10. The third kappa shape index (κ3) is 3.71. The Bertz CT molecular complexity index is 584. The lowest BCUT2D eigenvalue weighted by Crippen LogP contribution is -2.49. The number of rotatable bonds is 4. The Labute approximate surface area is 135 Å². The lowest BCUT2D eigenvalue weighted by Gasteiger charge is -2.32. The topological polar surface area (TPSA) is 67.9 Å². The number of nitrogens with one attached hydrogen (secondary N) is 1. The summed E-state index contributed by atoms with van der Waals surface area (Å²) >= 11 is 0. The van der Waals surface area contributed by atoms with Crippen LogP contribution in [0, 0.1) is 0 Å². The molecule has 23 heavy (non-hydrogen) atoms. The smallest absolute Gasteiger partial charge is 0.339 e. The third-order valence-corrected chi connectivity index (χ3v) is 4.43. The zero-order valence-corrected chi connectivity index (χ0v) is 13.3. The molecule has 2 aliphatic heterocycles. The summed E-state index contributed by atoms with van der Waals surface area (Å²) in [5.41, 5.74) is 1.42. The monoisotopic (exact) mass is 318 g/mol. The van der Waals surface area contributed by atoms with E-state index in [9.17, 15) is 9.59 Å². The zero-order chi connectivity index (χ0) is 16.2. The first kappa shape index (κ1) is 16.0. The van der Waals surface area contributed by atoms with Gasteiger partial charge in [-0.3, -0.25) is 9.69 Å². The van der Waals surface area contributed by atoms with E-state index in [1.54, 1.807) is 12.1 Å². The molecule has 6 nitrogen and oxygen atoms in total. The SMILES string of the molecule is CC(CNC(=O)C1Cc2ccccc2C(=O)O1)N1CCOCC1. The quantitative estimate of drug-likeness (QED) is 0.824. The summed E-state index contributed by atoms with van der Waals surface area (Å²) in [6.45, 7) is 5.83. The van der Waals surface area contributed by atoms with Gasteiger partial charge >= 0.3 is 5.97 Å². The molecule has 1 N–H and O–H groups in total. The molecule has 0 bridgehead atoms. The van der Waals surface area contributed by atoms with Gasteiger partial charge in [-0.25, -0.2) is 4.79 Å². The molecule has 1 saturated heterocycles. The number of benzene rings is 1. The van der Waals surface area contributed by atoms with Crippen molar-refractivity contribution in [2.24, 2.45) is 0 Å². The number of morpholine rings is 1. The Kier molecular flexibility index (Phi) is 4.93. The van der Waals surface area contributed by atoms with E-state index in [-0.39, 0.29) is 11.9 Å². The molecule has 0 aromatic heterocycles. The van der Waals surface area contributed by atoms with Crippen LogP contribution in [0.15, 0.2) is 24.3 Å². The molecule has 3 rings (SSSR count). The average molecular weight is 318 g/mol. The summed E-state index contributed by atoms with van der Waals surface area (Å²) in [5, 5.41) is 2.90. The van der Waals surface area contributed by atoms with E-state index in [1.165, 1.54) is 0 Å². The summed E-state index contributed by atoms with van der Waals surface area (Å²) < 4.78 is 10.6. The molecule has 1 aromatic rings. The molecule has 0 spiro atoms. The van der Waals surface area contributed by atoms with E-state index in [0.717, 1.165) is 31.9 Å². The number of carbonyl (C=O) groups excluding carboxylic acids is 2. The Morgan fingerprint density at radius 3 is 2.87 bits per heavy atom. The van der Waals surface area contributed by atoms with Crippen LogP contribution in [0.4, 0.5) is 0 Å². The number of nitrogens with zero attached hydrogens (tertiary/aromatic N) is 1. The van der Waals surface area contributed by atoms with Gasteiger partial charge in [0.1, 0.15) is 0 Å². The van der Waals surface area contributed by atoms with E-state index < -0.39 is 12.1 Å². The Balaban J connectivity index is 1.54. The normalized spacial score (nSPS) is 22.8. The molecule has 1 aromatic carbocycles. The Morgan fingerprint density at radius 1 is 1.35 bits per heavy atom. The predicted molar refractivity (Wildman–Crippen MR) is 84.2 cm³/mol. The second-order valence-electron chi connectivity index (χ2n) is 6.00. The van der Waals surface area contributed by atoms with Crippen molar-refractivity contribution in [3.63, 3.8) is 0 Å². The minimum absolute atomic E-state index is 0.229. The van der Waals surface area contributed by atoms with E-state index in [2.05, 4.69) is 17.1 Å². The zero-order valence-electron chi connectivity index (χ0n) is 13.3. The predicted octanol–water partition coefficient (Wildman–Crippen LogP) is 0.605. The Hall–Kier alpha value is -1.92. The van der Waals surface area contributed by atoms with Crippen molar-refractivity contribution in [2.75, 3.05) is 32.8 Å². The van der Waals surface area contributed by atoms with Crippen molar-refractivity contribution >= 4 is 11.9 Å². The average Bonchev–Trinajstić information content (AvgIpc) is 2.60. The molecule has 1 amide bonds. The first-order valence-corrected chi connectivity index (χ1v) is 8.03. The minimum Gasteiger partial charge on any atom is -0.448 e. The number of amides is 1. The molecule has 6 heteroatoms. The van der Waals surface area contributed by atoms with Crippen LogP contribution >= 0.6 is 0 Å². The minimum atomic E-state index is -0.741.